The molecule has 0 aromatic heterocycles. The van der Waals surface area contributed by atoms with Gasteiger partial charge in [0.1, 0.15) is 5.25 Å². The predicted octanol–water partition coefficient (Wildman–Crippen LogP) is 0.853. The van der Waals surface area contributed by atoms with Crippen LogP contribution in [0.2, 0.25) is 0 Å². The molecule has 0 radical (unpaired) electrons. The van der Waals surface area contributed by atoms with Crippen molar-refractivity contribution in [1.82, 2.24) is 0 Å². The Balaban J connectivity index is 2.71. The second kappa shape index (κ2) is 2.42. The van der Waals surface area contributed by atoms with Crippen molar-refractivity contribution >= 4 is 10.2 Å². The van der Waals surface area contributed by atoms with Gasteiger partial charge in [0.15, 0.2) is 0 Å². The van der Waals surface area contributed by atoms with Gasteiger partial charge in [0, 0.05) is 0 Å². The van der Waals surface area contributed by atoms with E-state index in [1.165, 1.54) is 0 Å². The predicted molar refractivity (Wildman–Crippen MR) is 38.5 cm³/mol. The lowest BCUT2D eigenvalue weighted by Crippen LogP contribution is -2.20. The van der Waals surface area contributed by atoms with E-state index in [9.17, 15) is 12.3 Å². The van der Waals surface area contributed by atoms with Gasteiger partial charge in [0.2, 0.25) is 0 Å². The zero-order chi connectivity index (χ0) is 8.70. The van der Waals surface area contributed by atoms with Gasteiger partial charge in [-0.2, -0.15) is 8.42 Å². The summed E-state index contributed by atoms with van der Waals surface area (Å²) in [6.45, 7) is 3.47. The van der Waals surface area contributed by atoms with Gasteiger partial charge in [-0.15, -0.1) is 3.89 Å². The summed E-state index contributed by atoms with van der Waals surface area (Å²) in [6, 6.07) is 0. The number of ether oxygens (including phenoxy) is 1. The fraction of sp³-hybridized carbons (Fsp3) is 1.00. The molecule has 0 amide bonds. The average molecular weight is 182 g/mol. The van der Waals surface area contributed by atoms with E-state index in [1.54, 1.807) is 13.8 Å². The molecule has 0 bridgehead atoms. The largest absolute Gasteiger partial charge is 0.374 e. The molecule has 0 aromatic rings. The molecule has 3 nitrogen and oxygen atoms in total. The third-order valence-electron chi connectivity index (χ3n) is 1.78. The van der Waals surface area contributed by atoms with E-state index in [0.717, 1.165) is 0 Å². The maximum atomic E-state index is 12.3. The van der Waals surface area contributed by atoms with Crippen molar-refractivity contribution in [2.24, 2.45) is 0 Å². The van der Waals surface area contributed by atoms with Crippen molar-refractivity contribution in [3.63, 3.8) is 0 Å². The minimum atomic E-state index is -4.40. The van der Waals surface area contributed by atoms with E-state index in [1.807, 2.05) is 0 Å². The smallest absolute Gasteiger partial charge is 0.307 e. The van der Waals surface area contributed by atoms with E-state index in [0.29, 0.717) is 0 Å². The Hall–Kier alpha value is -0.160. The Morgan fingerprint density at radius 2 is 2.09 bits per heavy atom. The maximum absolute atomic E-state index is 12.3. The molecule has 1 aliphatic rings. The van der Waals surface area contributed by atoms with E-state index >= 15 is 0 Å². The molecule has 11 heavy (non-hydrogen) atoms. The van der Waals surface area contributed by atoms with Crippen LogP contribution in [0.1, 0.15) is 20.3 Å². The van der Waals surface area contributed by atoms with Gasteiger partial charge in [0.25, 0.3) is 0 Å². The van der Waals surface area contributed by atoms with Crippen molar-refractivity contribution in [3.05, 3.63) is 0 Å². The van der Waals surface area contributed by atoms with Crippen LogP contribution in [0, 0.1) is 0 Å². The first kappa shape index (κ1) is 8.93. The summed E-state index contributed by atoms with van der Waals surface area (Å²) in [5.74, 6) is 0. The van der Waals surface area contributed by atoms with Crippen LogP contribution in [-0.4, -0.2) is 25.9 Å². The molecule has 0 aromatic carbocycles. The van der Waals surface area contributed by atoms with Gasteiger partial charge < -0.3 is 4.74 Å². The number of hydrogen-bond donors (Lipinski definition) is 0. The first-order chi connectivity index (χ1) is 4.81. The molecule has 0 spiro atoms. The standard InChI is InChI=1S/C6H11FO3S/c1-6(2)3-5(4-10-6)11(7,8)9/h5H,3-4H2,1-2H3. The van der Waals surface area contributed by atoms with E-state index in [-0.39, 0.29) is 13.0 Å². The van der Waals surface area contributed by atoms with Crippen LogP contribution in [0.25, 0.3) is 0 Å². The van der Waals surface area contributed by atoms with E-state index in [4.69, 9.17) is 4.74 Å². The van der Waals surface area contributed by atoms with Crippen molar-refractivity contribution in [2.45, 2.75) is 31.1 Å². The Morgan fingerprint density at radius 3 is 2.27 bits per heavy atom. The summed E-state index contributed by atoms with van der Waals surface area (Å²) in [6.07, 6.45) is 0.242. The molecule has 1 rings (SSSR count). The monoisotopic (exact) mass is 182 g/mol. The van der Waals surface area contributed by atoms with Crippen molar-refractivity contribution in [2.75, 3.05) is 6.61 Å². The Bertz CT molecular complexity index is 245. The van der Waals surface area contributed by atoms with E-state index < -0.39 is 21.1 Å². The van der Waals surface area contributed by atoms with Gasteiger partial charge in [-0.05, 0) is 20.3 Å². The van der Waals surface area contributed by atoms with Crippen molar-refractivity contribution in [1.29, 1.82) is 0 Å². The first-order valence-electron chi connectivity index (χ1n) is 3.39. The Kier molecular flexibility index (Phi) is 1.96. The van der Waals surface area contributed by atoms with Crippen LogP contribution in [0.4, 0.5) is 3.89 Å². The van der Waals surface area contributed by atoms with Gasteiger partial charge in [0.05, 0.1) is 12.2 Å². The quantitative estimate of drug-likeness (QED) is 0.565. The molecule has 1 unspecified atom stereocenters. The zero-order valence-electron chi connectivity index (χ0n) is 6.50. The van der Waals surface area contributed by atoms with Crippen LogP contribution in [-0.2, 0) is 15.0 Å². The second-order valence-electron chi connectivity index (χ2n) is 3.37. The lowest BCUT2D eigenvalue weighted by Gasteiger charge is -2.14. The van der Waals surface area contributed by atoms with Crippen molar-refractivity contribution in [3.8, 4) is 0 Å². The van der Waals surface area contributed by atoms with E-state index in [2.05, 4.69) is 0 Å². The van der Waals surface area contributed by atoms with Gasteiger partial charge in [-0.1, -0.05) is 0 Å². The molecule has 5 heteroatoms. The molecule has 1 saturated heterocycles. The summed E-state index contributed by atoms with van der Waals surface area (Å²) in [7, 11) is -4.40. The van der Waals surface area contributed by atoms with Crippen LogP contribution < -0.4 is 0 Å². The summed E-state index contributed by atoms with van der Waals surface area (Å²) >= 11 is 0. The van der Waals surface area contributed by atoms with Crippen LogP contribution >= 0.6 is 0 Å². The van der Waals surface area contributed by atoms with Gasteiger partial charge in [-0.3, -0.25) is 0 Å². The Labute approximate surface area is 65.8 Å². The molecule has 66 valence electrons. The summed E-state index contributed by atoms with van der Waals surface area (Å²) in [5, 5.41) is -0.961. The molecule has 0 N–H and O–H groups in total. The topological polar surface area (TPSA) is 43.4 Å². The molecule has 1 heterocycles. The molecule has 0 aliphatic carbocycles. The average Bonchev–Trinajstić information content (AvgIpc) is 2.07. The maximum Gasteiger partial charge on any atom is 0.307 e. The number of halogens is 1. The second-order valence-corrected chi connectivity index (χ2v) is 4.99. The highest BCUT2D eigenvalue weighted by Gasteiger charge is 2.39. The molecule has 1 aliphatic heterocycles. The lowest BCUT2D eigenvalue weighted by molar-refractivity contribution is 0.0367. The highest BCUT2D eigenvalue weighted by molar-refractivity contribution is 7.87. The third kappa shape index (κ3) is 2.13. The highest BCUT2D eigenvalue weighted by Crippen LogP contribution is 2.29. The van der Waals surface area contributed by atoms with Crippen LogP contribution in [0.5, 0.6) is 0 Å². The summed E-state index contributed by atoms with van der Waals surface area (Å²) in [5.41, 5.74) is -0.496. The third-order valence-corrected chi connectivity index (χ3v) is 2.88. The Morgan fingerprint density at radius 1 is 1.55 bits per heavy atom. The van der Waals surface area contributed by atoms with Crippen LogP contribution in [0.3, 0.4) is 0 Å². The normalized spacial score (nSPS) is 30.6. The van der Waals surface area contributed by atoms with Gasteiger partial charge in [-0.25, -0.2) is 0 Å². The number of hydrogen-bond acceptors (Lipinski definition) is 3. The fourth-order valence-corrected chi connectivity index (χ4v) is 2.00. The van der Waals surface area contributed by atoms with Crippen LogP contribution in [0.15, 0.2) is 0 Å². The SMILES string of the molecule is CC1(C)CC(S(=O)(=O)F)CO1. The van der Waals surface area contributed by atoms with Crippen molar-refractivity contribution < 1.29 is 17.0 Å². The lowest BCUT2D eigenvalue weighted by atomic mass is 10.1. The molecule has 1 atom stereocenters. The molecular weight excluding hydrogens is 171 g/mol. The fourth-order valence-electron chi connectivity index (χ4n) is 1.17. The minimum absolute atomic E-state index is 0.0220. The highest BCUT2D eigenvalue weighted by atomic mass is 32.3. The molecule has 0 saturated carbocycles. The zero-order valence-corrected chi connectivity index (χ0v) is 7.32. The minimum Gasteiger partial charge on any atom is -0.374 e. The van der Waals surface area contributed by atoms with Gasteiger partial charge >= 0.3 is 10.2 Å². The first-order valence-corrected chi connectivity index (χ1v) is 4.83. The summed E-state index contributed by atoms with van der Waals surface area (Å²) in [4.78, 5) is 0. The molecule has 1 fully saturated rings. The summed E-state index contributed by atoms with van der Waals surface area (Å²) < 4.78 is 38.1. The molecular formula is C6H11FO3S. The number of rotatable bonds is 1.